The number of alkyl carbamates (subject to hydrolysis) is 1. The predicted octanol–water partition coefficient (Wildman–Crippen LogP) is 6.88. The fourth-order valence-corrected chi connectivity index (χ4v) is 4.23. The molecule has 0 aromatic heterocycles. The Balaban J connectivity index is 2.68. The highest BCUT2D eigenvalue weighted by atomic mass is 16.6. The van der Waals surface area contributed by atoms with E-state index < -0.39 is 29.3 Å². The largest absolute Gasteiger partial charge is 0.444 e. The molecule has 0 spiro atoms. The van der Waals surface area contributed by atoms with Crippen molar-refractivity contribution in [1.82, 2.24) is 10.2 Å². The van der Waals surface area contributed by atoms with Crippen molar-refractivity contribution in [2.45, 2.75) is 92.0 Å². The third kappa shape index (κ3) is 8.44. The monoisotopic (exact) mass is 535 g/mol. The van der Waals surface area contributed by atoms with E-state index in [1.165, 1.54) is 0 Å². The quantitative estimate of drug-likeness (QED) is 0.347. The minimum Gasteiger partial charge on any atom is -0.444 e. The molecule has 0 saturated heterocycles. The van der Waals surface area contributed by atoms with Crippen molar-refractivity contribution in [2.75, 3.05) is 5.32 Å². The summed E-state index contributed by atoms with van der Waals surface area (Å²) in [6.45, 7) is 20.6. The number of para-hydroxylation sites is 1. The molecule has 3 amide bonds. The summed E-state index contributed by atoms with van der Waals surface area (Å²) in [5.74, 6) is -0.975. The standard InChI is InChI=1S/C32H45N3O4/c1-11-23-17-15-18-24(20-23)27(28(36)33-25-19-14-13-16-22(25)5)35(32(9,10)12-2)29(37)26(21(3)4)34-30(38)39-31(6,7)8/h11,13-21,26-27H,1,12H2,2-10H3,(H,33,36)(H,34,38). The van der Waals surface area contributed by atoms with Crippen molar-refractivity contribution >= 4 is 29.7 Å². The van der Waals surface area contributed by atoms with Crippen molar-refractivity contribution in [1.29, 1.82) is 0 Å². The second kappa shape index (κ2) is 13.0. The normalized spacial score (nSPS) is 13.3. The predicted molar refractivity (Wildman–Crippen MR) is 158 cm³/mol. The van der Waals surface area contributed by atoms with Crippen LogP contribution in [0.25, 0.3) is 6.08 Å². The fourth-order valence-electron chi connectivity index (χ4n) is 4.23. The molecule has 2 atom stereocenters. The van der Waals surface area contributed by atoms with Gasteiger partial charge in [0.25, 0.3) is 5.91 Å². The summed E-state index contributed by atoms with van der Waals surface area (Å²) in [5.41, 5.74) is 1.59. The van der Waals surface area contributed by atoms with Crippen LogP contribution in [-0.2, 0) is 14.3 Å². The Morgan fingerprint density at radius 1 is 1.03 bits per heavy atom. The zero-order valence-electron chi connectivity index (χ0n) is 24.9. The average molecular weight is 536 g/mol. The summed E-state index contributed by atoms with van der Waals surface area (Å²) in [6.07, 6.45) is 1.60. The van der Waals surface area contributed by atoms with Gasteiger partial charge >= 0.3 is 6.09 Å². The van der Waals surface area contributed by atoms with Gasteiger partial charge in [-0.3, -0.25) is 9.59 Å². The van der Waals surface area contributed by atoms with Gasteiger partial charge in [-0.15, -0.1) is 0 Å². The molecule has 2 N–H and O–H groups in total. The Morgan fingerprint density at radius 2 is 1.67 bits per heavy atom. The van der Waals surface area contributed by atoms with E-state index in [9.17, 15) is 14.4 Å². The lowest BCUT2D eigenvalue weighted by atomic mass is 9.90. The number of amides is 3. The van der Waals surface area contributed by atoms with E-state index >= 15 is 0 Å². The van der Waals surface area contributed by atoms with E-state index in [1.807, 2.05) is 90.1 Å². The Labute approximate surface area is 234 Å². The smallest absolute Gasteiger partial charge is 0.408 e. The number of nitrogens with one attached hydrogen (secondary N) is 2. The van der Waals surface area contributed by atoms with E-state index in [-0.39, 0.29) is 17.7 Å². The first-order chi connectivity index (χ1) is 18.1. The molecule has 2 aromatic carbocycles. The topological polar surface area (TPSA) is 87.7 Å². The van der Waals surface area contributed by atoms with E-state index in [1.54, 1.807) is 31.7 Å². The fraction of sp³-hybridized carbons (Fsp3) is 0.469. The highest BCUT2D eigenvalue weighted by molar-refractivity contribution is 5.99. The second-order valence-corrected chi connectivity index (χ2v) is 11.8. The van der Waals surface area contributed by atoms with Crippen LogP contribution in [0.15, 0.2) is 55.1 Å². The Morgan fingerprint density at radius 3 is 2.21 bits per heavy atom. The lowest BCUT2D eigenvalue weighted by molar-refractivity contribution is -0.148. The first-order valence-electron chi connectivity index (χ1n) is 13.5. The number of aryl methyl sites for hydroxylation is 1. The van der Waals surface area contributed by atoms with Gasteiger partial charge in [0.1, 0.15) is 17.7 Å². The first kappa shape index (κ1) is 31.6. The molecule has 0 fully saturated rings. The minimum absolute atomic E-state index is 0.264. The summed E-state index contributed by atoms with van der Waals surface area (Å²) in [5, 5.41) is 5.82. The molecule has 0 aliphatic rings. The van der Waals surface area contributed by atoms with Gasteiger partial charge in [0.15, 0.2) is 0 Å². The molecule has 0 bridgehead atoms. The Hall–Kier alpha value is -3.61. The molecule has 2 rings (SSSR count). The molecule has 2 unspecified atom stereocenters. The molecule has 0 aliphatic carbocycles. The third-order valence-corrected chi connectivity index (χ3v) is 6.73. The minimum atomic E-state index is -0.978. The van der Waals surface area contributed by atoms with Crippen molar-refractivity contribution in [3.05, 3.63) is 71.8 Å². The van der Waals surface area contributed by atoms with Crippen molar-refractivity contribution in [2.24, 2.45) is 5.92 Å². The Kier molecular flexibility index (Phi) is 10.5. The number of carbonyl (C=O) groups excluding carboxylic acids is 3. The third-order valence-electron chi connectivity index (χ3n) is 6.73. The van der Waals surface area contributed by atoms with Crippen LogP contribution in [0, 0.1) is 12.8 Å². The van der Waals surface area contributed by atoms with Crippen LogP contribution in [0.1, 0.15) is 84.5 Å². The maximum atomic E-state index is 14.4. The zero-order chi connectivity index (χ0) is 29.5. The molecule has 212 valence electrons. The number of rotatable bonds is 10. The molecular formula is C32H45N3O4. The second-order valence-electron chi connectivity index (χ2n) is 11.8. The number of anilines is 1. The van der Waals surface area contributed by atoms with Crippen LogP contribution in [0.3, 0.4) is 0 Å². The number of carbonyl (C=O) groups is 3. The van der Waals surface area contributed by atoms with Crippen LogP contribution >= 0.6 is 0 Å². The number of ether oxygens (including phenoxy) is 1. The van der Waals surface area contributed by atoms with Crippen LogP contribution < -0.4 is 10.6 Å². The van der Waals surface area contributed by atoms with Gasteiger partial charge in [-0.25, -0.2) is 4.79 Å². The number of nitrogens with zero attached hydrogens (tertiary/aromatic N) is 1. The number of hydrogen-bond acceptors (Lipinski definition) is 4. The number of benzene rings is 2. The lowest BCUT2D eigenvalue weighted by Crippen LogP contribution is -2.60. The van der Waals surface area contributed by atoms with Crippen LogP contribution in [0.5, 0.6) is 0 Å². The molecule has 7 heteroatoms. The van der Waals surface area contributed by atoms with E-state index in [2.05, 4.69) is 17.2 Å². The van der Waals surface area contributed by atoms with Gasteiger partial charge in [-0.2, -0.15) is 0 Å². The maximum Gasteiger partial charge on any atom is 0.408 e. The van der Waals surface area contributed by atoms with Gasteiger partial charge in [-0.1, -0.05) is 69.8 Å². The van der Waals surface area contributed by atoms with Crippen molar-refractivity contribution in [3.63, 3.8) is 0 Å². The molecule has 0 aliphatic heterocycles. The van der Waals surface area contributed by atoms with E-state index in [4.69, 9.17) is 4.74 Å². The first-order valence-corrected chi connectivity index (χ1v) is 13.5. The summed E-state index contributed by atoms with van der Waals surface area (Å²) >= 11 is 0. The summed E-state index contributed by atoms with van der Waals surface area (Å²) in [4.78, 5) is 43.0. The molecule has 0 heterocycles. The SMILES string of the molecule is C=Cc1cccc(C(C(=O)Nc2ccccc2C)N(C(=O)C(NC(=O)OC(C)(C)C)C(C)C)C(C)(C)CC)c1. The van der Waals surface area contributed by atoms with Gasteiger partial charge < -0.3 is 20.3 Å². The van der Waals surface area contributed by atoms with Gasteiger partial charge in [0, 0.05) is 11.2 Å². The van der Waals surface area contributed by atoms with E-state index in [0.717, 1.165) is 11.1 Å². The van der Waals surface area contributed by atoms with Crippen LogP contribution in [0.4, 0.5) is 10.5 Å². The molecule has 39 heavy (non-hydrogen) atoms. The maximum absolute atomic E-state index is 14.4. The Bertz CT molecular complexity index is 1180. The van der Waals surface area contributed by atoms with Crippen molar-refractivity contribution in [3.8, 4) is 0 Å². The molecule has 0 radical (unpaired) electrons. The average Bonchev–Trinajstić information content (AvgIpc) is 2.85. The zero-order valence-corrected chi connectivity index (χ0v) is 24.9. The van der Waals surface area contributed by atoms with Gasteiger partial charge in [0.05, 0.1) is 0 Å². The molecular weight excluding hydrogens is 490 g/mol. The molecule has 0 saturated carbocycles. The van der Waals surface area contributed by atoms with Gasteiger partial charge in [-0.05, 0) is 82.7 Å². The molecule has 7 nitrogen and oxygen atoms in total. The molecule has 2 aromatic rings. The van der Waals surface area contributed by atoms with Gasteiger partial charge in [0.2, 0.25) is 5.91 Å². The highest BCUT2D eigenvalue weighted by Gasteiger charge is 2.44. The number of hydrogen-bond donors (Lipinski definition) is 2. The van der Waals surface area contributed by atoms with Crippen LogP contribution in [-0.4, -0.2) is 40.0 Å². The van der Waals surface area contributed by atoms with E-state index in [0.29, 0.717) is 17.7 Å². The van der Waals surface area contributed by atoms with Crippen LogP contribution in [0.2, 0.25) is 0 Å². The summed E-state index contributed by atoms with van der Waals surface area (Å²) in [7, 11) is 0. The summed E-state index contributed by atoms with van der Waals surface area (Å²) < 4.78 is 5.46. The highest BCUT2D eigenvalue weighted by Crippen LogP contribution is 2.34. The lowest BCUT2D eigenvalue weighted by Gasteiger charge is -2.45. The summed E-state index contributed by atoms with van der Waals surface area (Å²) in [6, 6.07) is 13.1. The van der Waals surface area contributed by atoms with Crippen molar-refractivity contribution < 1.29 is 19.1 Å².